The molecule has 2 heteroatoms. The lowest BCUT2D eigenvalue weighted by molar-refractivity contribution is 0.308. The minimum atomic E-state index is 0.701. The molecular formula is C9H20N2. The van der Waals surface area contributed by atoms with E-state index in [0.717, 1.165) is 5.92 Å². The van der Waals surface area contributed by atoms with Gasteiger partial charge >= 0.3 is 0 Å². The second-order valence-corrected chi connectivity index (χ2v) is 3.70. The van der Waals surface area contributed by atoms with E-state index in [0.29, 0.717) is 6.67 Å². The third kappa shape index (κ3) is 3.21. The van der Waals surface area contributed by atoms with Gasteiger partial charge in [0.2, 0.25) is 0 Å². The molecule has 1 saturated carbocycles. The van der Waals surface area contributed by atoms with Crippen LogP contribution in [-0.4, -0.2) is 25.2 Å². The summed E-state index contributed by atoms with van der Waals surface area (Å²) in [7, 11) is 2.09. The van der Waals surface area contributed by atoms with Gasteiger partial charge in [-0.3, -0.25) is 4.90 Å². The minimum absolute atomic E-state index is 0.701. The van der Waals surface area contributed by atoms with Gasteiger partial charge in [-0.05, 0) is 25.9 Å². The van der Waals surface area contributed by atoms with Crippen molar-refractivity contribution < 1.29 is 0 Å². The van der Waals surface area contributed by atoms with Crippen molar-refractivity contribution in [3.63, 3.8) is 0 Å². The average Bonchev–Trinajstić information content (AvgIpc) is 2.52. The highest BCUT2D eigenvalue weighted by Crippen LogP contribution is 2.27. The van der Waals surface area contributed by atoms with E-state index in [9.17, 15) is 0 Å². The van der Waals surface area contributed by atoms with Crippen LogP contribution in [0.1, 0.15) is 32.1 Å². The van der Waals surface area contributed by atoms with Crippen molar-refractivity contribution in [2.24, 2.45) is 11.7 Å². The van der Waals surface area contributed by atoms with Crippen LogP contribution in [0.2, 0.25) is 0 Å². The molecule has 1 aliphatic carbocycles. The maximum absolute atomic E-state index is 5.48. The molecule has 1 rings (SSSR count). The van der Waals surface area contributed by atoms with E-state index in [1.807, 2.05) is 0 Å². The first-order chi connectivity index (χ1) is 5.33. The van der Waals surface area contributed by atoms with Crippen molar-refractivity contribution in [2.45, 2.75) is 32.1 Å². The van der Waals surface area contributed by atoms with Crippen molar-refractivity contribution in [3.8, 4) is 0 Å². The fourth-order valence-electron chi connectivity index (χ4n) is 1.79. The Labute approximate surface area is 69.8 Å². The number of hydrogen-bond acceptors (Lipinski definition) is 2. The van der Waals surface area contributed by atoms with Gasteiger partial charge in [0.1, 0.15) is 0 Å². The monoisotopic (exact) mass is 156 g/mol. The molecular weight excluding hydrogens is 136 g/mol. The Hall–Kier alpha value is -0.0800. The van der Waals surface area contributed by atoms with Gasteiger partial charge in [0.25, 0.3) is 0 Å². The van der Waals surface area contributed by atoms with Crippen molar-refractivity contribution >= 4 is 0 Å². The molecule has 11 heavy (non-hydrogen) atoms. The molecule has 0 atom stereocenters. The van der Waals surface area contributed by atoms with Gasteiger partial charge in [-0.1, -0.05) is 25.7 Å². The van der Waals surface area contributed by atoms with Crippen LogP contribution in [0.4, 0.5) is 0 Å². The number of nitrogens with zero attached hydrogens (tertiary/aromatic N) is 1. The topological polar surface area (TPSA) is 29.3 Å². The molecule has 0 aromatic rings. The molecule has 0 aliphatic heterocycles. The van der Waals surface area contributed by atoms with E-state index >= 15 is 0 Å². The minimum Gasteiger partial charge on any atom is -0.318 e. The van der Waals surface area contributed by atoms with Crippen LogP contribution in [0.5, 0.6) is 0 Å². The zero-order valence-electron chi connectivity index (χ0n) is 7.55. The van der Waals surface area contributed by atoms with E-state index in [2.05, 4.69) is 11.9 Å². The first-order valence-electron chi connectivity index (χ1n) is 4.71. The number of hydrogen-bond donors (Lipinski definition) is 1. The van der Waals surface area contributed by atoms with E-state index in [4.69, 9.17) is 5.73 Å². The van der Waals surface area contributed by atoms with Gasteiger partial charge in [0.15, 0.2) is 0 Å². The molecule has 1 fully saturated rings. The van der Waals surface area contributed by atoms with Crippen LogP contribution in [0.3, 0.4) is 0 Å². The van der Waals surface area contributed by atoms with Crippen LogP contribution >= 0.6 is 0 Å². The second-order valence-electron chi connectivity index (χ2n) is 3.70. The Kier molecular flexibility index (Phi) is 3.87. The van der Waals surface area contributed by atoms with Gasteiger partial charge in [0, 0.05) is 6.67 Å². The van der Waals surface area contributed by atoms with E-state index in [-0.39, 0.29) is 0 Å². The summed E-state index contributed by atoms with van der Waals surface area (Å²) in [5, 5.41) is 0. The van der Waals surface area contributed by atoms with Gasteiger partial charge < -0.3 is 5.73 Å². The molecule has 0 saturated heterocycles. The summed E-state index contributed by atoms with van der Waals surface area (Å²) < 4.78 is 0. The third-order valence-electron chi connectivity index (χ3n) is 2.71. The van der Waals surface area contributed by atoms with Crippen LogP contribution in [-0.2, 0) is 0 Å². The molecule has 66 valence electrons. The molecule has 0 radical (unpaired) electrons. The Balaban J connectivity index is 2.01. The molecule has 0 bridgehead atoms. The molecule has 1 aliphatic rings. The largest absolute Gasteiger partial charge is 0.318 e. The lowest BCUT2D eigenvalue weighted by Gasteiger charge is -2.16. The van der Waals surface area contributed by atoms with Crippen molar-refractivity contribution in [2.75, 3.05) is 20.3 Å². The summed E-state index contributed by atoms with van der Waals surface area (Å²) in [6.45, 7) is 1.88. The lowest BCUT2D eigenvalue weighted by Crippen LogP contribution is -2.27. The molecule has 0 heterocycles. The van der Waals surface area contributed by atoms with Crippen LogP contribution < -0.4 is 5.73 Å². The fraction of sp³-hybridized carbons (Fsp3) is 1.00. The summed E-state index contributed by atoms with van der Waals surface area (Å²) in [6, 6.07) is 0. The van der Waals surface area contributed by atoms with Crippen LogP contribution in [0.15, 0.2) is 0 Å². The SMILES string of the molecule is CN(CN)CCC1CCCC1. The molecule has 0 spiro atoms. The van der Waals surface area contributed by atoms with Gasteiger partial charge in [0.05, 0.1) is 0 Å². The third-order valence-corrected chi connectivity index (χ3v) is 2.71. The molecule has 0 unspecified atom stereocenters. The van der Waals surface area contributed by atoms with Crippen molar-refractivity contribution in [3.05, 3.63) is 0 Å². The van der Waals surface area contributed by atoms with E-state index in [1.54, 1.807) is 0 Å². The smallest absolute Gasteiger partial charge is 0.0452 e. The van der Waals surface area contributed by atoms with Crippen LogP contribution in [0.25, 0.3) is 0 Å². The quantitative estimate of drug-likeness (QED) is 0.624. The van der Waals surface area contributed by atoms with E-state index < -0.39 is 0 Å². The Morgan fingerprint density at radius 3 is 2.55 bits per heavy atom. The normalized spacial score (nSPS) is 19.9. The molecule has 0 aromatic carbocycles. The Morgan fingerprint density at radius 2 is 2.00 bits per heavy atom. The molecule has 0 amide bonds. The molecule has 2 nitrogen and oxygen atoms in total. The highest BCUT2D eigenvalue weighted by molar-refractivity contribution is 4.68. The summed E-state index contributed by atoms with van der Waals surface area (Å²) >= 11 is 0. The summed E-state index contributed by atoms with van der Waals surface area (Å²) in [5.74, 6) is 1.00. The first kappa shape index (κ1) is 9.01. The van der Waals surface area contributed by atoms with Crippen molar-refractivity contribution in [1.29, 1.82) is 0 Å². The second kappa shape index (κ2) is 4.73. The fourth-order valence-corrected chi connectivity index (χ4v) is 1.79. The Bertz CT molecular complexity index is 97.7. The van der Waals surface area contributed by atoms with Gasteiger partial charge in [-0.2, -0.15) is 0 Å². The number of nitrogens with two attached hydrogens (primary N) is 1. The molecule has 0 aromatic heterocycles. The Morgan fingerprint density at radius 1 is 1.36 bits per heavy atom. The highest BCUT2D eigenvalue weighted by Gasteiger charge is 2.14. The maximum Gasteiger partial charge on any atom is 0.0452 e. The van der Waals surface area contributed by atoms with Crippen LogP contribution in [0, 0.1) is 5.92 Å². The van der Waals surface area contributed by atoms with E-state index in [1.165, 1.54) is 38.6 Å². The first-order valence-corrected chi connectivity index (χ1v) is 4.71. The standard InChI is InChI=1S/C9H20N2/c1-11(8-10)7-6-9-4-2-3-5-9/h9H,2-8,10H2,1H3. The predicted octanol–water partition coefficient (Wildman–Crippen LogP) is 1.41. The zero-order chi connectivity index (χ0) is 8.10. The van der Waals surface area contributed by atoms with Gasteiger partial charge in [-0.15, -0.1) is 0 Å². The maximum atomic E-state index is 5.48. The summed E-state index contributed by atoms with van der Waals surface area (Å²) in [4.78, 5) is 2.19. The lowest BCUT2D eigenvalue weighted by atomic mass is 10.0. The van der Waals surface area contributed by atoms with Gasteiger partial charge in [-0.25, -0.2) is 0 Å². The average molecular weight is 156 g/mol. The summed E-state index contributed by atoms with van der Waals surface area (Å²) in [6.07, 6.45) is 7.18. The summed E-state index contributed by atoms with van der Waals surface area (Å²) in [5.41, 5.74) is 5.48. The zero-order valence-corrected chi connectivity index (χ0v) is 7.55. The number of rotatable bonds is 4. The predicted molar refractivity (Wildman–Crippen MR) is 48.3 cm³/mol. The highest BCUT2D eigenvalue weighted by atomic mass is 15.1. The molecule has 2 N–H and O–H groups in total. The van der Waals surface area contributed by atoms with Crippen molar-refractivity contribution in [1.82, 2.24) is 4.90 Å².